The molecule has 12 aromatic carbocycles. The van der Waals surface area contributed by atoms with E-state index in [2.05, 4.69) is 247 Å². The molecule has 2 aromatic heterocycles. The van der Waals surface area contributed by atoms with E-state index in [1.807, 2.05) is 6.20 Å². The molecule has 0 fully saturated rings. The lowest BCUT2D eigenvalue weighted by Gasteiger charge is -2.11. The first-order valence-electron chi connectivity index (χ1n) is 23.6. The summed E-state index contributed by atoms with van der Waals surface area (Å²) in [6.07, 6.45) is 1.92. The Morgan fingerprint density at radius 2 is 0.696 bits per heavy atom. The van der Waals surface area contributed by atoms with E-state index in [1.54, 1.807) is 0 Å². The molecule has 0 aliphatic heterocycles. The molecule has 2 heterocycles. The van der Waals surface area contributed by atoms with Gasteiger partial charge in [0.2, 0.25) is 0 Å². The molecule has 320 valence electrons. The van der Waals surface area contributed by atoms with Crippen molar-refractivity contribution in [2.75, 3.05) is 0 Å². The van der Waals surface area contributed by atoms with Crippen molar-refractivity contribution in [3.05, 3.63) is 249 Å². The number of fused-ring (bicyclic) bond motifs is 11. The van der Waals surface area contributed by atoms with Crippen LogP contribution in [0.5, 0.6) is 0 Å². The molecule has 0 aliphatic carbocycles. The van der Waals surface area contributed by atoms with Gasteiger partial charge in [-0.25, -0.2) is 4.98 Å². The molecule has 0 bridgehead atoms. The van der Waals surface area contributed by atoms with E-state index in [4.69, 9.17) is 9.97 Å². The molecule has 0 N–H and O–H groups in total. The summed E-state index contributed by atoms with van der Waals surface area (Å²) in [4.78, 5) is 10.3. The summed E-state index contributed by atoms with van der Waals surface area (Å²) in [6, 6.07) is 88.1. The van der Waals surface area contributed by atoms with Gasteiger partial charge in [-0.2, -0.15) is 0 Å². The summed E-state index contributed by atoms with van der Waals surface area (Å²) in [5.74, 6) is 0. The molecule has 0 amide bonds. The Morgan fingerprint density at radius 3 is 1.30 bits per heavy atom. The number of hydrogen-bond acceptors (Lipinski definition) is 2. The maximum atomic E-state index is 5.25. The summed E-state index contributed by atoms with van der Waals surface area (Å²) in [5.41, 5.74) is 17.0. The van der Waals surface area contributed by atoms with E-state index in [0.717, 1.165) is 38.6 Å². The minimum atomic E-state index is 0.866. The molecular formula is C66H41N3. The van der Waals surface area contributed by atoms with Crippen molar-refractivity contribution in [1.29, 1.82) is 0 Å². The van der Waals surface area contributed by atoms with Crippen molar-refractivity contribution in [1.82, 2.24) is 14.5 Å². The summed E-state index contributed by atoms with van der Waals surface area (Å²) >= 11 is 0. The highest BCUT2D eigenvalue weighted by Crippen LogP contribution is 2.38. The van der Waals surface area contributed by atoms with Gasteiger partial charge in [-0.15, -0.1) is 0 Å². The van der Waals surface area contributed by atoms with Gasteiger partial charge in [0, 0.05) is 32.8 Å². The Morgan fingerprint density at radius 1 is 0.261 bits per heavy atom. The third kappa shape index (κ3) is 6.58. The van der Waals surface area contributed by atoms with Crippen molar-refractivity contribution < 1.29 is 0 Å². The summed E-state index contributed by atoms with van der Waals surface area (Å²) < 4.78 is 2.37. The fourth-order valence-electron chi connectivity index (χ4n) is 10.7. The van der Waals surface area contributed by atoms with Crippen LogP contribution in [0.1, 0.15) is 0 Å². The van der Waals surface area contributed by atoms with Gasteiger partial charge >= 0.3 is 0 Å². The van der Waals surface area contributed by atoms with Crippen LogP contribution in [0.25, 0.3) is 137 Å². The second-order valence-electron chi connectivity index (χ2n) is 18.2. The summed E-state index contributed by atoms with van der Waals surface area (Å²) in [6.45, 7) is 0. The monoisotopic (exact) mass is 875 g/mol. The molecule has 0 radical (unpaired) electrons. The van der Waals surface area contributed by atoms with Gasteiger partial charge in [-0.3, -0.25) is 4.98 Å². The zero-order valence-corrected chi connectivity index (χ0v) is 37.5. The Hall–Kier alpha value is -9.18. The molecule has 3 nitrogen and oxygen atoms in total. The summed E-state index contributed by atoms with van der Waals surface area (Å²) in [7, 11) is 0. The van der Waals surface area contributed by atoms with Crippen molar-refractivity contribution in [2.24, 2.45) is 0 Å². The minimum absolute atomic E-state index is 0.866. The van der Waals surface area contributed by atoms with E-state index in [9.17, 15) is 0 Å². The highest BCUT2D eigenvalue weighted by atomic mass is 15.0. The molecule has 0 saturated carbocycles. The molecule has 0 saturated heterocycles. The highest BCUT2D eigenvalue weighted by Gasteiger charge is 2.15. The third-order valence-electron chi connectivity index (χ3n) is 14.2. The van der Waals surface area contributed by atoms with E-state index in [0.29, 0.717) is 0 Å². The van der Waals surface area contributed by atoms with E-state index < -0.39 is 0 Å². The van der Waals surface area contributed by atoms with Crippen LogP contribution in [0.3, 0.4) is 0 Å². The number of nitrogens with zero attached hydrogens (tertiary/aromatic N) is 3. The van der Waals surface area contributed by atoms with E-state index in [1.165, 1.54) is 98.8 Å². The maximum Gasteiger partial charge on any atom is 0.0979 e. The van der Waals surface area contributed by atoms with Crippen molar-refractivity contribution in [3.63, 3.8) is 0 Å². The Kier molecular flexibility index (Phi) is 8.90. The Labute approximate surface area is 398 Å². The predicted molar refractivity (Wildman–Crippen MR) is 291 cm³/mol. The van der Waals surface area contributed by atoms with Gasteiger partial charge < -0.3 is 4.57 Å². The molecule has 14 rings (SSSR count). The average molecular weight is 876 g/mol. The highest BCUT2D eigenvalue weighted by molar-refractivity contribution is 6.23. The fraction of sp³-hybridized carbons (Fsp3) is 0. The second kappa shape index (κ2) is 15.7. The number of hydrogen-bond donors (Lipinski definition) is 0. The smallest absolute Gasteiger partial charge is 0.0979 e. The normalized spacial score (nSPS) is 11.8. The SMILES string of the molecule is c1ccc(-n2c3ccccc3c3cc(-c4ccc(-c5ccc6cc(-c7ccc8cc(-c9cccc(-c%10cnc%11c%12ccccc%12c%12ccccc%12c%11n%10)c9)ccc8c7)ccc6c5)cc4)ccc32)cc1. The molecule has 0 aliphatic rings. The predicted octanol–water partition coefficient (Wildman–Crippen LogP) is 17.7. The van der Waals surface area contributed by atoms with Gasteiger partial charge in [0.15, 0.2) is 0 Å². The number of benzene rings is 12. The first-order valence-corrected chi connectivity index (χ1v) is 23.6. The van der Waals surface area contributed by atoms with Crippen LogP contribution in [-0.2, 0) is 0 Å². The quantitative estimate of drug-likeness (QED) is 0.156. The van der Waals surface area contributed by atoms with E-state index in [-0.39, 0.29) is 0 Å². The largest absolute Gasteiger partial charge is 0.309 e. The van der Waals surface area contributed by atoms with Crippen LogP contribution in [0.2, 0.25) is 0 Å². The van der Waals surface area contributed by atoms with Crippen LogP contribution in [0.15, 0.2) is 249 Å². The van der Waals surface area contributed by atoms with Crippen LogP contribution in [-0.4, -0.2) is 14.5 Å². The third-order valence-corrected chi connectivity index (χ3v) is 14.2. The standard InChI is InChI=1S/C66H41N3/c1-2-13-55(14-3-1)69-63-20-9-8-17-58(63)61-40-53(33-34-64(61)69)43-23-21-42(22-24-43)45-25-26-48-37-51(30-29-47(48)35-45)52-32-31-49-36-46(27-28-50(49)38-52)44-11-10-12-54(39-44)62-41-67-65-59-18-6-4-15-56(59)57-16-5-7-19-60(57)66(65)68-62/h1-41H. The Bertz CT molecular complexity index is 4320. The topological polar surface area (TPSA) is 30.7 Å². The lowest BCUT2D eigenvalue weighted by molar-refractivity contribution is 1.18. The van der Waals surface area contributed by atoms with Crippen LogP contribution < -0.4 is 0 Å². The number of rotatable bonds is 6. The fourth-order valence-corrected chi connectivity index (χ4v) is 10.7. The van der Waals surface area contributed by atoms with Crippen LogP contribution in [0, 0.1) is 0 Å². The molecule has 14 aromatic rings. The lowest BCUT2D eigenvalue weighted by atomic mass is 9.94. The molecular weight excluding hydrogens is 835 g/mol. The molecule has 0 spiro atoms. The van der Waals surface area contributed by atoms with Crippen molar-refractivity contribution >= 4 is 75.9 Å². The molecule has 0 atom stereocenters. The molecule has 3 heteroatoms. The first kappa shape index (κ1) is 39.0. The van der Waals surface area contributed by atoms with Crippen LogP contribution >= 0.6 is 0 Å². The second-order valence-corrected chi connectivity index (χ2v) is 18.2. The number of aromatic nitrogens is 3. The first-order chi connectivity index (χ1) is 34.2. The van der Waals surface area contributed by atoms with Gasteiger partial charge in [0.1, 0.15) is 0 Å². The van der Waals surface area contributed by atoms with Crippen molar-refractivity contribution in [3.8, 4) is 61.5 Å². The minimum Gasteiger partial charge on any atom is -0.309 e. The zero-order chi connectivity index (χ0) is 45.4. The van der Waals surface area contributed by atoms with Crippen molar-refractivity contribution in [2.45, 2.75) is 0 Å². The van der Waals surface area contributed by atoms with Gasteiger partial charge in [0.25, 0.3) is 0 Å². The zero-order valence-electron chi connectivity index (χ0n) is 37.5. The van der Waals surface area contributed by atoms with E-state index >= 15 is 0 Å². The summed E-state index contributed by atoms with van der Waals surface area (Å²) in [5, 5.41) is 12.0. The van der Waals surface area contributed by atoms with Gasteiger partial charge in [0.05, 0.1) is 34.0 Å². The Balaban J connectivity index is 0.719. The lowest BCUT2D eigenvalue weighted by Crippen LogP contribution is -1.92. The molecule has 69 heavy (non-hydrogen) atoms. The number of para-hydroxylation sites is 2. The molecule has 0 unspecified atom stereocenters. The maximum absolute atomic E-state index is 5.25. The van der Waals surface area contributed by atoms with Gasteiger partial charge in [-0.05, 0) is 137 Å². The van der Waals surface area contributed by atoms with Gasteiger partial charge in [-0.1, -0.05) is 182 Å². The average Bonchev–Trinajstić information content (AvgIpc) is 3.76. The van der Waals surface area contributed by atoms with Crippen LogP contribution in [0.4, 0.5) is 0 Å².